The molecule has 0 unspecified atom stereocenters. The Bertz CT molecular complexity index is 1660. The highest BCUT2D eigenvalue weighted by Gasteiger charge is 2.32. The van der Waals surface area contributed by atoms with Gasteiger partial charge in [0.15, 0.2) is 5.78 Å². The molecular formula is C31H28F4N2O5. The lowest BCUT2D eigenvalue weighted by molar-refractivity contribution is -0.146. The molecule has 0 radical (unpaired) electrons. The van der Waals surface area contributed by atoms with Gasteiger partial charge in [-0.3, -0.25) is 9.59 Å². The number of furan rings is 1. The van der Waals surface area contributed by atoms with E-state index in [2.05, 4.69) is 10.3 Å². The first-order chi connectivity index (χ1) is 19.7. The zero-order valence-corrected chi connectivity index (χ0v) is 23.3. The van der Waals surface area contributed by atoms with Crippen LogP contribution in [0.5, 0.6) is 0 Å². The molecule has 2 aromatic heterocycles. The zero-order chi connectivity index (χ0) is 30.8. The number of alkyl halides is 3. The van der Waals surface area contributed by atoms with Crippen LogP contribution in [-0.4, -0.2) is 41.5 Å². The van der Waals surface area contributed by atoms with Crippen LogP contribution in [0.4, 0.5) is 17.6 Å². The van der Waals surface area contributed by atoms with Gasteiger partial charge in [0.2, 0.25) is 5.71 Å². The molecule has 0 atom stereocenters. The van der Waals surface area contributed by atoms with Crippen molar-refractivity contribution in [1.29, 1.82) is 0 Å². The number of aryl methyl sites for hydroxylation is 1. The van der Waals surface area contributed by atoms with Gasteiger partial charge in [0.25, 0.3) is 5.91 Å². The van der Waals surface area contributed by atoms with Crippen molar-refractivity contribution < 1.29 is 41.1 Å². The third-order valence-electron chi connectivity index (χ3n) is 6.67. The molecule has 0 aliphatic carbocycles. The quantitative estimate of drug-likeness (QED) is 0.128. The van der Waals surface area contributed by atoms with E-state index in [1.54, 1.807) is 19.1 Å². The van der Waals surface area contributed by atoms with Gasteiger partial charge in [0.05, 0.1) is 23.8 Å². The summed E-state index contributed by atoms with van der Waals surface area (Å²) in [7, 11) is 1.19. The molecular weight excluding hydrogens is 556 g/mol. The van der Waals surface area contributed by atoms with E-state index >= 15 is 0 Å². The molecule has 0 aliphatic heterocycles. The number of ether oxygens (including phenoxy) is 1. The fourth-order valence-corrected chi connectivity index (χ4v) is 4.51. The second-order valence-electron chi connectivity index (χ2n) is 10.2. The lowest BCUT2D eigenvalue weighted by Gasteiger charge is -2.23. The molecule has 42 heavy (non-hydrogen) atoms. The number of aromatic nitrogens is 1. The number of halogens is 4. The number of carbonyl (C=O) groups is 3. The van der Waals surface area contributed by atoms with Crippen molar-refractivity contribution in [3.05, 3.63) is 77.2 Å². The van der Waals surface area contributed by atoms with Gasteiger partial charge in [-0.1, -0.05) is 19.1 Å². The van der Waals surface area contributed by atoms with Gasteiger partial charge in [-0.25, -0.2) is 14.2 Å². The number of pyridine rings is 1. The minimum Gasteiger partial charge on any atom is -0.467 e. The normalized spacial score (nSPS) is 11.9. The number of carbonyl (C=O) groups excluding carboxylic acids is 3. The van der Waals surface area contributed by atoms with E-state index < -0.39 is 42.3 Å². The van der Waals surface area contributed by atoms with Gasteiger partial charge in [0, 0.05) is 29.5 Å². The summed E-state index contributed by atoms with van der Waals surface area (Å²) in [6.45, 7) is 4.59. The van der Waals surface area contributed by atoms with Crippen LogP contribution in [0.2, 0.25) is 0 Å². The largest absolute Gasteiger partial charge is 0.467 e. The second kappa shape index (κ2) is 11.8. The van der Waals surface area contributed by atoms with Crippen molar-refractivity contribution in [2.24, 2.45) is 0 Å². The number of amides is 1. The number of nitrogens with zero attached hydrogens (tertiary/aromatic N) is 1. The summed E-state index contributed by atoms with van der Waals surface area (Å²) in [5.74, 6) is -1.95. The van der Waals surface area contributed by atoms with Gasteiger partial charge in [0.1, 0.15) is 17.1 Å². The van der Waals surface area contributed by atoms with E-state index in [9.17, 15) is 31.9 Å². The van der Waals surface area contributed by atoms with E-state index in [1.165, 1.54) is 63.4 Å². The molecule has 0 saturated carbocycles. The summed E-state index contributed by atoms with van der Waals surface area (Å²) in [6.07, 6.45) is -6.04. The summed E-state index contributed by atoms with van der Waals surface area (Å²) >= 11 is 0. The molecule has 11 heteroatoms. The van der Waals surface area contributed by atoms with Crippen LogP contribution in [0.1, 0.15) is 60.0 Å². The Labute approximate surface area is 238 Å². The average Bonchev–Trinajstić information content (AvgIpc) is 3.32. The highest BCUT2D eigenvalue weighted by molar-refractivity contribution is 6.12. The molecule has 0 aliphatic rings. The third kappa shape index (κ3) is 6.50. The Hall–Kier alpha value is -4.54. The minimum atomic E-state index is -4.47. The Morgan fingerprint density at radius 1 is 1.00 bits per heavy atom. The molecule has 0 saturated heterocycles. The summed E-state index contributed by atoms with van der Waals surface area (Å²) in [4.78, 5) is 42.6. The van der Waals surface area contributed by atoms with Crippen molar-refractivity contribution in [3.8, 4) is 22.5 Å². The lowest BCUT2D eigenvalue weighted by atomic mass is 9.95. The molecule has 2 heterocycles. The molecule has 4 rings (SSSR count). The number of ketones is 1. The molecule has 7 nitrogen and oxygen atoms in total. The first kappa shape index (κ1) is 30.4. The first-order valence-electron chi connectivity index (χ1n) is 13.1. The Morgan fingerprint density at radius 3 is 2.31 bits per heavy atom. The van der Waals surface area contributed by atoms with Crippen LogP contribution in [0, 0.1) is 5.82 Å². The van der Waals surface area contributed by atoms with E-state index in [0.717, 1.165) is 0 Å². The van der Waals surface area contributed by atoms with Crippen LogP contribution < -0.4 is 5.32 Å². The molecule has 1 N–H and O–H groups in total. The maximum absolute atomic E-state index is 13.6. The maximum Gasteiger partial charge on any atom is 0.389 e. The highest BCUT2D eigenvalue weighted by atomic mass is 19.4. The number of nitrogens with one attached hydrogen (secondary N) is 1. The molecule has 1 amide bonds. The summed E-state index contributed by atoms with van der Waals surface area (Å²) < 4.78 is 64.0. The number of esters is 1. The van der Waals surface area contributed by atoms with Gasteiger partial charge < -0.3 is 14.5 Å². The van der Waals surface area contributed by atoms with Crippen LogP contribution in [0.25, 0.3) is 33.6 Å². The van der Waals surface area contributed by atoms with E-state index in [1.807, 2.05) is 0 Å². The predicted octanol–water partition coefficient (Wildman–Crippen LogP) is 7.07. The standard InChI is InChI=1S/C31H28F4N2O5/c1-5-24(38)25-22-16-21(18-7-6-8-19(15-18)27(39)37-30(2,3)29(40)41-4)23(13-14-31(33,34)35)36-28(22)42-26(25)17-9-11-20(32)12-10-17/h6-12,15-16H,5,13-14H2,1-4H3,(H,37,39). The molecule has 220 valence electrons. The van der Waals surface area contributed by atoms with Gasteiger partial charge in [-0.15, -0.1) is 0 Å². The van der Waals surface area contributed by atoms with Crippen molar-refractivity contribution in [2.45, 2.75) is 51.7 Å². The molecule has 2 aromatic carbocycles. The van der Waals surface area contributed by atoms with Gasteiger partial charge in [-0.05, 0) is 68.3 Å². The van der Waals surface area contributed by atoms with Crippen LogP contribution >= 0.6 is 0 Å². The number of benzene rings is 2. The smallest absolute Gasteiger partial charge is 0.389 e. The Balaban J connectivity index is 1.89. The highest BCUT2D eigenvalue weighted by Crippen LogP contribution is 2.38. The van der Waals surface area contributed by atoms with Crippen molar-refractivity contribution >= 4 is 28.8 Å². The summed E-state index contributed by atoms with van der Waals surface area (Å²) in [5.41, 5.74) is -0.00286. The number of methoxy groups -OCH3 is 1. The fourth-order valence-electron chi connectivity index (χ4n) is 4.51. The summed E-state index contributed by atoms with van der Waals surface area (Å²) in [6, 6.07) is 12.9. The van der Waals surface area contributed by atoms with E-state index in [-0.39, 0.29) is 51.4 Å². The van der Waals surface area contributed by atoms with Crippen molar-refractivity contribution in [2.75, 3.05) is 7.11 Å². The number of fused-ring (bicyclic) bond motifs is 1. The SMILES string of the molecule is CCC(=O)c1c(-c2ccc(F)cc2)oc2nc(CCC(F)(F)F)c(-c3cccc(C(=O)NC(C)(C)C(=O)OC)c3)cc12. The molecule has 4 aromatic rings. The van der Waals surface area contributed by atoms with Gasteiger partial charge >= 0.3 is 12.1 Å². The topological polar surface area (TPSA) is 98.5 Å². The van der Waals surface area contributed by atoms with E-state index in [0.29, 0.717) is 11.1 Å². The lowest BCUT2D eigenvalue weighted by Crippen LogP contribution is -2.50. The van der Waals surface area contributed by atoms with Crippen molar-refractivity contribution in [1.82, 2.24) is 10.3 Å². The van der Waals surface area contributed by atoms with Crippen LogP contribution in [-0.2, 0) is 16.0 Å². The number of hydrogen-bond acceptors (Lipinski definition) is 6. The van der Waals surface area contributed by atoms with Crippen LogP contribution in [0.15, 0.2) is 59.0 Å². The van der Waals surface area contributed by atoms with Crippen molar-refractivity contribution in [3.63, 3.8) is 0 Å². The number of hydrogen-bond donors (Lipinski definition) is 1. The maximum atomic E-state index is 13.6. The molecule has 0 bridgehead atoms. The molecule has 0 spiro atoms. The van der Waals surface area contributed by atoms with E-state index in [4.69, 9.17) is 9.15 Å². The fraction of sp³-hybridized carbons (Fsp3) is 0.290. The molecule has 0 fully saturated rings. The minimum absolute atomic E-state index is 0.0409. The Kier molecular flexibility index (Phi) is 8.51. The third-order valence-corrected chi connectivity index (χ3v) is 6.67. The first-order valence-corrected chi connectivity index (χ1v) is 13.1. The second-order valence-corrected chi connectivity index (χ2v) is 10.2. The number of rotatable bonds is 9. The zero-order valence-electron chi connectivity index (χ0n) is 23.3. The monoisotopic (exact) mass is 584 g/mol. The summed E-state index contributed by atoms with van der Waals surface area (Å²) in [5, 5.41) is 2.86. The Morgan fingerprint density at radius 2 is 1.69 bits per heavy atom. The number of Topliss-reactive ketones (excluding diaryl/α,β-unsaturated/α-hetero) is 1. The van der Waals surface area contributed by atoms with Crippen LogP contribution in [0.3, 0.4) is 0 Å². The van der Waals surface area contributed by atoms with Gasteiger partial charge in [-0.2, -0.15) is 13.2 Å². The predicted molar refractivity (Wildman–Crippen MR) is 147 cm³/mol. The average molecular weight is 585 g/mol.